The first kappa shape index (κ1) is 14.7. The zero-order valence-corrected chi connectivity index (χ0v) is 11.4. The molecule has 0 atom stereocenters. The number of nitrogens with one attached hydrogen (secondary N) is 1. The minimum absolute atomic E-state index is 0.0384. The number of hydrogen-bond donors (Lipinski definition) is 4. The van der Waals surface area contributed by atoms with Gasteiger partial charge < -0.3 is 15.3 Å². The van der Waals surface area contributed by atoms with E-state index in [-0.39, 0.29) is 16.3 Å². The highest BCUT2D eigenvalue weighted by atomic mass is 35.5. The molecular formula is C14H11ClN2O4. The number of hydrazone groups is 1. The number of phenols is 3. The molecule has 0 fully saturated rings. The van der Waals surface area contributed by atoms with E-state index in [0.29, 0.717) is 5.56 Å². The summed E-state index contributed by atoms with van der Waals surface area (Å²) in [5, 5.41) is 31.8. The van der Waals surface area contributed by atoms with Gasteiger partial charge >= 0.3 is 0 Å². The van der Waals surface area contributed by atoms with Crippen molar-refractivity contribution in [2.75, 3.05) is 0 Å². The summed E-state index contributed by atoms with van der Waals surface area (Å²) >= 11 is 5.69. The Balaban J connectivity index is 2.10. The molecule has 2 aromatic rings. The standard InChI is InChI=1S/C14H11ClN2O4/c15-10-5-8(6-12(19)13(10)20)7-16-17-14(21)9-3-1-2-4-11(9)18/h1-7,18-20H,(H,17,21)/b16-7+. The van der Waals surface area contributed by atoms with E-state index < -0.39 is 17.4 Å². The summed E-state index contributed by atoms with van der Waals surface area (Å²) in [5.74, 6) is -1.56. The molecule has 0 radical (unpaired) electrons. The number of hydrogen-bond acceptors (Lipinski definition) is 5. The fourth-order valence-electron chi connectivity index (χ4n) is 1.57. The summed E-state index contributed by atoms with van der Waals surface area (Å²) < 4.78 is 0. The van der Waals surface area contributed by atoms with Crippen LogP contribution in [0.1, 0.15) is 15.9 Å². The Bertz CT molecular complexity index is 693. The Morgan fingerprint density at radius 1 is 1.14 bits per heavy atom. The molecule has 0 aliphatic heterocycles. The first-order valence-corrected chi connectivity index (χ1v) is 6.19. The molecular weight excluding hydrogens is 296 g/mol. The van der Waals surface area contributed by atoms with Gasteiger partial charge in [0, 0.05) is 0 Å². The van der Waals surface area contributed by atoms with Gasteiger partial charge in [0.05, 0.1) is 16.8 Å². The van der Waals surface area contributed by atoms with E-state index in [9.17, 15) is 20.1 Å². The number of halogens is 1. The Morgan fingerprint density at radius 2 is 1.86 bits per heavy atom. The van der Waals surface area contributed by atoms with Gasteiger partial charge in [-0.25, -0.2) is 5.43 Å². The fourth-order valence-corrected chi connectivity index (χ4v) is 1.79. The van der Waals surface area contributed by atoms with E-state index in [4.69, 9.17) is 11.6 Å². The topological polar surface area (TPSA) is 102 Å². The Kier molecular flexibility index (Phi) is 4.30. The maximum Gasteiger partial charge on any atom is 0.275 e. The van der Waals surface area contributed by atoms with Gasteiger partial charge in [-0.15, -0.1) is 0 Å². The van der Waals surface area contributed by atoms with Gasteiger partial charge in [-0.3, -0.25) is 4.79 Å². The lowest BCUT2D eigenvalue weighted by Gasteiger charge is -2.03. The van der Waals surface area contributed by atoms with Crippen molar-refractivity contribution < 1.29 is 20.1 Å². The van der Waals surface area contributed by atoms with Crippen LogP contribution < -0.4 is 5.43 Å². The van der Waals surface area contributed by atoms with Gasteiger partial charge in [0.1, 0.15) is 5.75 Å². The third-order valence-corrected chi connectivity index (χ3v) is 2.88. The van der Waals surface area contributed by atoms with Crippen molar-refractivity contribution in [2.24, 2.45) is 5.10 Å². The number of benzene rings is 2. The third kappa shape index (κ3) is 3.43. The largest absolute Gasteiger partial charge is 0.507 e. The monoisotopic (exact) mass is 306 g/mol. The molecule has 21 heavy (non-hydrogen) atoms. The summed E-state index contributed by atoms with van der Waals surface area (Å²) in [4.78, 5) is 11.7. The van der Waals surface area contributed by atoms with Gasteiger partial charge in [0.15, 0.2) is 11.5 Å². The number of carbonyl (C=O) groups excluding carboxylic acids is 1. The van der Waals surface area contributed by atoms with E-state index >= 15 is 0 Å². The number of amides is 1. The molecule has 108 valence electrons. The van der Waals surface area contributed by atoms with Crippen molar-refractivity contribution >= 4 is 23.7 Å². The molecule has 0 saturated heterocycles. The molecule has 7 heteroatoms. The quantitative estimate of drug-likeness (QED) is 0.396. The molecule has 0 unspecified atom stereocenters. The minimum Gasteiger partial charge on any atom is -0.507 e. The van der Waals surface area contributed by atoms with Crippen LogP contribution in [-0.2, 0) is 0 Å². The number of carbonyl (C=O) groups is 1. The second-order valence-electron chi connectivity index (χ2n) is 4.09. The van der Waals surface area contributed by atoms with Gasteiger partial charge in [-0.1, -0.05) is 23.7 Å². The third-order valence-electron chi connectivity index (χ3n) is 2.59. The van der Waals surface area contributed by atoms with E-state index in [1.807, 2.05) is 0 Å². The molecule has 2 rings (SSSR count). The number of phenolic OH excluding ortho intramolecular Hbond substituents is 3. The predicted octanol–water partition coefficient (Wildman–Crippen LogP) is 2.22. The lowest BCUT2D eigenvalue weighted by atomic mass is 10.2. The maximum absolute atomic E-state index is 11.7. The van der Waals surface area contributed by atoms with E-state index in [2.05, 4.69) is 10.5 Å². The summed E-state index contributed by atoms with van der Waals surface area (Å²) in [7, 11) is 0. The SMILES string of the molecule is O=C(N/N=C/c1cc(O)c(O)c(Cl)c1)c1ccccc1O. The number of nitrogens with zero attached hydrogens (tertiary/aromatic N) is 1. The van der Waals surface area contributed by atoms with Crippen molar-refractivity contribution in [2.45, 2.75) is 0 Å². The lowest BCUT2D eigenvalue weighted by Crippen LogP contribution is -2.17. The zero-order chi connectivity index (χ0) is 15.4. The molecule has 2 aromatic carbocycles. The van der Waals surface area contributed by atoms with Gasteiger partial charge in [-0.2, -0.15) is 5.10 Å². The minimum atomic E-state index is -0.585. The molecule has 0 heterocycles. The maximum atomic E-state index is 11.7. The zero-order valence-electron chi connectivity index (χ0n) is 10.6. The average molecular weight is 307 g/mol. The van der Waals surface area contributed by atoms with Crippen LogP contribution in [0.5, 0.6) is 17.2 Å². The van der Waals surface area contributed by atoms with E-state index in [0.717, 1.165) is 0 Å². The van der Waals surface area contributed by atoms with Gasteiger partial charge in [0.25, 0.3) is 5.91 Å². The highest BCUT2D eigenvalue weighted by molar-refractivity contribution is 6.32. The van der Waals surface area contributed by atoms with Crippen molar-refractivity contribution in [3.63, 3.8) is 0 Å². The first-order chi connectivity index (χ1) is 9.99. The van der Waals surface area contributed by atoms with Gasteiger partial charge in [0.2, 0.25) is 0 Å². The van der Waals surface area contributed by atoms with Crippen LogP contribution in [0, 0.1) is 0 Å². The number of aromatic hydroxyl groups is 3. The molecule has 4 N–H and O–H groups in total. The molecule has 0 aliphatic carbocycles. The molecule has 0 spiro atoms. The summed E-state index contributed by atoms with van der Waals surface area (Å²) in [6.07, 6.45) is 1.24. The van der Waals surface area contributed by atoms with Crippen LogP contribution in [-0.4, -0.2) is 27.4 Å². The van der Waals surface area contributed by atoms with Crippen LogP contribution in [0.25, 0.3) is 0 Å². The molecule has 6 nitrogen and oxygen atoms in total. The Labute approximate surface area is 124 Å². The second kappa shape index (κ2) is 6.15. The molecule has 0 aromatic heterocycles. The predicted molar refractivity (Wildman–Crippen MR) is 77.9 cm³/mol. The van der Waals surface area contributed by atoms with Crippen molar-refractivity contribution in [1.82, 2.24) is 5.43 Å². The van der Waals surface area contributed by atoms with Crippen LogP contribution in [0.3, 0.4) is 0 Å². The Morgan fingerprint density at radius 3 is 2.52 bits per heavy atom. The molecule has 0 bridgehead atoms. The van der Waals surface area contributed by atoms with Crippen LogP contribution in [0.2, 0.25) is 5.02 Å². The van der Waals surface area contributed by atoms with Gasteiger partial charge in [-0.05, 0) is 29.8 Å². The fraction of sp³-hybridized carbons (Fsp3) is 0. The number of rotatable bonds is 3. The van der Waals surface area contributed by atoms with Crippen LogP contribution >= 0.6 is 11.6 Å². The van der Waals surface area contributed by atoms with Crippen LogP contribution in [0.15, 0.2) is 41.5 Å². The lowest BCUT2D eigenvalue weighted by molar-refractivity contribution is 0.0952. The summed E-state index contributed by atoms with van der Waals surface area (Å²) in [6, 6.07) is 8.63. The Hall–Kier alpha value is -2.73. The molecule has 1 amide bonds. The van der Waals surface area contributed by atoms with Crippen molar-refractivity contribution in [3.8, 4) is 17.2 Å². The first-order valence-electron chi connectivity index (χ1n) is 5.82. The normalized spacial score (nSPS) is 10.7. The second-order valence-corrected chi connectivity index (χ2v) is 4.49. The van der Waals surface area contributed by atoms with Crippen molar-refractivity contribution in [1.29, 1.82) is 0 Å². The van der Waals surface area contributed by atoms with Crippen molar-refractivity contribution in [3.05, 3.63) is 52.5 Å². The summed E-state index contributed by atoms with van der Waals surface area (Å²) in [6.45, 7) is 0. The highest BCUT2D eigenvalue weighted by Crippen LogP contribution is 2.33. The molecule has 0 aliphatic rings. The highest BCUT2D eigenvalue weighted by Gasteiger charge is 2.09. The average Bonchev–Trinajstić information content (AvgIpc) is 2.45. The molecule has 0 saturated carbocycles. The van der Waals surface area contributed by atoms with Crippen LogP contribution in [0.4, 0.5) is 0 Å². The number of para-hydroxylation sites is 1. The summed E-state index contributed by atoms with van der Waals surface area (Å²) in [5.41, 5.74) is 2.69. The van der Waals surface area contributed by atoms with E-state index in [1.54, 1.807) is 12.1 Å². The smallest absolute Gasteiger partial charge is 0.275 e. The van der Waals surface area contributed by atoms with E-state index in [1.165, 1.54) is 30.5 Å².